The number of nitrogens with zero attached hydrogens (tertiary/aromatic N) is 6. The molecule has 9 rings (SSSR count). The summed E-state index contributed by atoms with van der Waals surface area (Å²) in [6.45, 7) is 21.6. The maximum atomic E-state index is 13.3. The molecule has 2 saturated heterocycles. The minimum atomic E-state index is -0.968. The Balaban J connectivity index is 0.762. The first-order valence-corrected chi connectivity index (χ1v) is 20.9. The van der Waals surface area contributed by atoms with Gasteiger partial charge in [0.15, 0.2) is 0 Å². The van der Waals surface area contributed by atoms with Crippen LogP contribution in [0.15, 0.2) is 53.0 Å². The van der Waals surface area contributed by atoms with Crippen LogP contribution in [-0.2, 0) is 22.7 Å². The number of fused-ring (bicyclic) bond motifs is 2. The molecule has 298 valence electrons. The van der Waals surface area contributed by atoms with Crippen LogP contribution in [-0.4, -0.2) is 93.7 Å². The van der Waals surface area contributed by atoms with E-state index in [4.69, 9.17) is 16.3 Å². The van der Waals surface area contributed by atoms with Gasteiger partial charge in [0.05, 0.1) is 23.4 Å². The second-order valence-corrected chi connectivity index (χ2v) is 18.6. The third kappa shape index (κ3) is 6.48. The van der Waals surface area contributed by atoms with Crippen molar-refractivity contribution in [2.24, 2.45) is 16.7 Å². The normalized spacial score (nSPS) is 27.4. The van der Waals surface area contributed by atoms with Crippen molar-refractivity contribution in [2.75, 3.05) is 31.1 Å². The SMILES string of the molecule is [C-]#[N+]c1ccc(OC2C(C)(C)C(N3Cc4ccc(C#CC5CC(N6CCN(c7ccc8c(c7)C(=O)N(C7CCC(=O)NC7=O)C8=O)CC6)C5)nc4C3)C2(C)C)cc1Br. The number of hydrogen-bond donors (Lipinski definition) is 1. The molecule has 6 aliphatic rings. The Hall–Kier alpha value is -5.08. The monoisotopic (exact) mass is 843 g/mol. The number of ether oxygens (including phenoxy) is 1. The Morgan fingerprint density at radius 1 is 0.897 bits per heavy atom. The van der Waals surface area contributed by atoms with Gasteiger partial charge in [-0.25, -0.2) is 9.83 Å². The van der Waals surface area contributed by atoms with Crippen molar-refractivity contribution in [1.29, 1.82) is 0 Å². The Morgan fingerprint density at radius 3 is 2.34 bits per heavy atom. The highest BCUT2D eigenvalue weighted by Crippen LogP contribution is 2.59. The maximum Gasteiger partial charge on any atom is 0.262 e. The van der Waals surface area contributed by atoms with Gasteiger partial charge in [0.2, 0.25) is 17.5 Å². The lowest BCUT2D eigenvalue weighted by atomic mass is 9.49. The molecule has 4 aliphatic heterocycles. The van der Waals surface area contributed by atoms with Crippen molar-refractivity contribution >= 4 is 50.9 Å². The number of anilines is 1. The third-order valence-corrected chi connectivity index (χ3v) is 14.0. The van der Waals surface area contributed by atoms with Crippen LogP contribution in [0.1, 0.15) is 91.0 Å². The van der Waals surface area contributed by atoms with E-state index in [-0.39, 0.29) is 35.7 Å². The molecule has 2 aromatic carbocycles. The molecule has 12 nitrogen and oxygen atoms in total. The molecule has 0 spiro atoms. The molecular weight excluding hydrogens is 798 g/mol. The Bertz CT molecular complexity index is 2350. The molecule has 2 aliphatic carbocycles. The van der Waals surface area contributed by atoms with Crippen molar-refractivity contribution in [3.8, 4) is 17.6 Å². The summed E-state index contributed by atoms with van der Waals surface area (Å²) in [5.74, 6) is 6.07. The summed E-state index contributed by atoms with van der Waals surface area (Å²) in [6, 6.07) is 15.0. The largest absolute Gasteiger partial charge is 0.489 e. The quantitative estimate of drug-likeness (QED) is 0.183. The molecule has 4 amide bonds. The fourth-order valence-corrected chi connectivity index (χ4v) is 11.3. The molecule has 5 heterocycles. The first kappa shape index (κ1) is 38.4. The molecule has 58 heavy (non-hydrogen) atoms. The van der Waals surface area contributed by atoms with Crippen LogP contribution in [0.5, 0.6) is 5.75 Å². The van der Waals surface area contributed by atoms with Crippen LogP contribution in [0.2, 0.25) is 0 Å². The van der Waals surface area contributed by atoms with Gasteiger partial charge in [-0.05, 0) is 67.1 Å². The number of aromatic nitrogens is 1. The number of piperazine rings is 1. The van der Waals surface area contributed by atoms with E-state index in [0.717, 1.165) is 84.3 Å². The molecule has 4 fully saturated rings. The molecule has 1 unspecified atom stereocenters. The summed E-state index contributed by atoms with van der Waals surface area (Å²) in [4.78, 5) is 67.5. The topological polar surface area (TPSA) is 120 Å². The fraction of sp³-hybridized carbons (Fsp3) is 0.467. The first-order chi connectivity index (χ1) is 27.7. The van der Waals surface area contributed by atoms with Crippen LogP contribution < -0.4 is 15.0 Å². The van der Waals surface area contributed by atoms with Crippen LogP contribution in [0.25, 0.3) is 4.85 Å². The number of rotatable bonds is 6. The summed E-state index contributed by atoms with van der Waals surface area (Å²) in [5, 5.41) is 2.25. The summed E-state index contributed by atoms with van der Waals surface area (Å²) < 4.78 is 7.34. The van der Waals surface area contributed by atoms with Crippen molar-refractivity contribution in [2.45, 2.75) is 90.7 Å². The van der Waals surface area contributed by atoms with Crippen molar-refractivity contribution in [3.05, 3.63) is 92.5 Å². The van der Waals surface area contributed by atoms with E-state index in [1.807, 2.05) is 18.2 Å². The zero-order valence-electron chi connectivity index (χ0n) is 33.2. The van der Waals surface area contributed by atoms with Crippen molar-refractivity contribution in [3.63, 3.8) is 0 Å². The fourth-order valence-electron chi connectivity index (χ4n) is 10.9. The molecule has 0 radical (unpaired) electrons. The number of benzene rings is 2. The molecular formula is C45H46BrN7O5. The van der Waals surface area contributed by atoms with E-state index >= 15 is 0 Å². The van der Waals surface area contributed by atoms with E-state index in [1.165, 1.54) is 5.56 Å². The van der Waals surface area contributed by atoms with Gasteiger partial charge in [0.25, 0.3) is 11.8 Å². The molecule has 1 N–H and O–H groups in total. The number of carbonyl (C=O) groups excluding carboxylic acids is 4. The number of pyridine rings is 1. The molecule has 1 aromatic heterocycles. The average molecular weight is 845 g/mol. The highest BCUT2D eigenvalue weighted by Gasteiger charge is 2.65. The van der Waals surface area contributed by atoms with Gasteiger partial charge in [-0.1, -0.05) is 61.7 Å². The minimum Gasteiger partial charge on any atom is -0.489 e. The van der Waals surface area contributed by atoms with Crippen LogP contribution >= 0.6 is 15.9 Å². The maximum absolute atomic E-state index is 13.3. The van der Waals surface area contributed by atoms with E-state index < -0.39 is 23.8 Å². The third-order valence-electron chi connectivity index (χ3n) is 13.4. The second kappa shape index (κ2) is 14.3. The predicted octanol–water partition coefficient (Wildman–Crippen LogP) is 5.95. The number of halogens is 1. The van der Waals surface area contributed by atoms with Crippen LogP contribution in [0.4, 0.5) is 11.4 Å². The molecule has 1 atom stereocenters. The van der Waals surface area contributed by atoms with Crippen LogP contribution in [0, 0.1) is 35.2 Å². The summed E-state index contributed by atoms with van der Waals surface area (Å²) in [5.41, 5.74) is 5.08. The van der Waals surface area contributed by atoms with Gasteiger partial charge in [-0.3, -0.25) is 39.2 Å². The number of nitrogens with one attached hydrogen (secondary N) is 1. The smallest absolute Gasteiger partial charge is 0.262 e. The van der Waals surface area contributed by atoms with Gasteiger partial charge in [0, 0.05) is 84.7 Å². The lowest BCUT2D eigenvalue weighted by Gasteiger charge is -2.65. The van der Waals surface area contributed by atoms with Gasteiger partial charge >= 0.3 is 0 Å². The van der Waals surface area contributed by atoms with E-state index in [1.54, 1.807) is 18.2 Å². The molecule has 0 bridgehead atoms. The Morgan fingerprint density at radius 2 is 1.64 bits per heavy atom. The minimum absolute atomic E-state index is 0.00956. The number of piperidine rings is 1. The van der Waals surface area contributed by atoms with E-state index in [0.29, 0.717) is 34.8 Å². The Labute approximate surface area is 347 Å². The Kier molecular flexibility index (Phi) is 9.50. The number of hydrogen-bond acceptors (Lipinski definition) is 9. The summed E-state index contributed by atoms with van der Waals surface area (Å²) >= 11 is 3.51. The van der Waals surface area contributed by atoms with E-state index in [2.05, 4.69) is 92.5 Å². The number of amides is 4. The lowest BCUT2D eigenvalue weighted by molar-refractivity contribution is -0.211. The van der Waals surface area contributed by atoms with Gasteiger partial charge < -0.3 is 9.64 Å². The van der Waals surface area contributed by atoms with Crippen LogP contribution in [0.3, 0.4) is 0 Å². The lowest BCUT2D eigenvalue weighted by Crippen LogP contribution is -2.74. The van der Waals surface area contributed by atoms with Gasteiger partial charge in [-0.2, -0.15) is 0 Å². The molecule has 3 aromatic rings. The highest BCUT2D eigenvalue weighted by molar-refractivity contribution is 9.10. The second-order valence-electron chi connectivity index (χ2n) is 17.8. The predicted molar refractivity (Wildman–Crippen MR) is 220 cm³/mol. The summed E-state index contributed by atoms with van der Waals surface area (Å²) in [6.07, 6.45) is 2.32. The summed E-state index contributed by atoms with van der Waals surface area (Å²) in [7, 11) is 0. The highest BCUT2D eigenvalue weighted by atomic mass is 79.9. The van der Waals surface area contributed by atoms with E-state index in [9.17, 15) is 19.2 Å². The number of carbonyl (C=O) groups is 4. The average Bonchev–Trinajstić information content (AvgIpc) is 3.69. The molecule has 2 saturated carbocycles. The molecule has 13 heteroatoms. The zero-order chi connectivity index (χ0) is 40.7. The first-order valence-electron chi connectivity index (χ1n) is 20.2. The standard InChI is InChI=1S/C45H46BrN7O5/c1-44(2)42(45(3,4)43(44)58-31-11-13-35(47-5)34(46)23-31)52-24-27-7-9-28(48-36(27)25-52)8-6-26-20-30(21-26)51-18-16-50(17-19-51)29-10-12-32-33(22-29)41(57)53(40(32)56)37-14-15-38(54)49-39(37)55/h7,9-13,22-23,26,30,37,42-43H,14-21,24-25H2,1-4H3,(H,49,54,55). The van der Waals surface area contributed by atoms with Gasteiger partial charge in [-0.15, -0.1) is 0 Å². The van der Waals surface area contributed by atoms with Crippen molar-refractivity contribution in [1.82, 2.24) is 25.0 Å². The van der Waals surface area contributed by atoms with Crippen molar-refractivity contribution < 1.29 is 23.9 Å². The number of imide groups is 2. The van der Waals surface area contributed by atoms with Gasteiger partial charge in [0.1, 0.15) is 23.6 Å². The zero-order valence-corrected chi connectivity index (χ0v) is 34.8.